The molecule has 0 aliphatic carbocycles. The maximum Gasteiger partial charge on any atom is 0.0550 e. The Morgan fingerprint density at radius 3 is 2.45 bits per heavy atom. The summed E-state index contributed by atoms with van der Waals surface area (Å²) >= 11 is 3.48. The lowest BCUT2D eigenvalue weighted by atomic mass is 9.90. The molecule has 0 amide bonds. The number of halogens is 1. The van der Waals surface area contributed by atoms with E-state index in [0.29, 0.717) is 0 Å². The normalized spacial score (nSPS) is 23.1. The number of hydrogen-bond donors (Lipinski definition) is 1. The summed E-state index contributed by atoms with van der Waals surface area (Å²) in [5, 5.41) is 0. The van der Waals surface area contributed by atoms with Crippen LogP contribution in [0.3, 0.4) is 0 Å². The SMILES string of the molecule is NC1(c2ccc(Br)cc2)CCN(Cc2ccccc2)C1. The van der Waals surface area contributed by atoms with Crippen molar-refractivity contribution in [2.24, 2.45) is 5.73 Å². The van der Waals surface area contributed by atoms with Crippen molar-refractivity contribution in [2.45, 2.75) is 18.5 Å². The van der Waals surface area contributed by atoms with Crippen molar-refractivity contribution < 1.29 is 0 Å². The molecule has 104 valence electrons. The molecule has 20 heavy (non-hydrogen) atoms. The lowest BCUT2D eigenvalue weighted by Crippen LogP contribution is -2.39. The molecule has 0 radical (unpaired) electrons. The van der Waals surface area contributed by atoms with E-state index in [0.717, 1.165) is 30.5 Å². The molecule has 1 aliphatic rings. The van der Waals surface area contributed by atoms with Crippen molar-refractivity contribution in [2.75, 3.05) is 13.1 Å². The average molecular weight is 331 g/mol. The molecule has 1 aliphatic heterocycles. The van der Waals surface area contributed by atoms with Gasteiger partial charge in [-0.15, -0.1) is 0 Å². The second-order valence-electron chi connectivity index (χ2n) is 5.61. The van der Waals surface area contributed by atoms with Crippen molar-refractivity contribution in [3.8, 4) is 0 Å². The predicted octanol–water partition coefficient (Wildman–Crippen LogP) is 3.51. The molecule has 1 atom stereocenters. The van der Waals surface area contributed by atoms with E-state index in [2.05, 4.69) is 75.4 Å². The average Bonchev–Trinajstić information content (AvgIpc) is 2.83. The Balaban J connectivity index is 1.71. The first kappa shape index (κ1) is 13.8. The van der Waals surface area contributed by atoms with Crippen LogP contribution >= 0.6 is 15.9 Å². The Morgan fingerprint density at radius 2 is 1.75 bits per heavy atom. The van der Waals surface area contributed by atoms with Gasteiger partial charge in [0.25, 0.3) is 0 Å². The fraction of sp³-hybridized carbons (Fsp3) is 0.294. The molecule has 3 rings (SSSR count). The van der Waals surface area contributed by atoms with E-state index in [1.54, 1.807) is 0 Å². The van der Waals surface area contributed by atoms with E-state index in [1.165, 1.54) is 11.1 Å². The predicted molar refractivity (Wildman–Crippen MR) is 86.3 cm³/mol. The summed E-state index contributed by atoms with van der Waals surface area (Å²) in [5.41, 5.74) is 8.99. The van der Waals surface area contributed by atoms with Crippen LogP contribution in [0.5, 0.6) is 0 Å². The number of nitrogens with zero attached hydrogens (tertiary/aromatic N) is 1. The van der Waals surface area contributed by atoms with Crippen molar-refractivity contribution in [3.63, 3.8) is 0 Å². The van der Waals surface area contributed by atoms with Gasteiger partial charge in [-0.3, -0.25) is 4.90 Å². The Kier molecular flexibility index (Phi) is 3.92. The van der Waals surface area contributed by atoms with Gasteiger partial charge in [-0.25, -0.2) is 0 Å². The number of benzene rings is 2. The maximum absolute atomic E-state index is 6.62. The van der Waals surface area contributed by atoms with Gasteiger partial charge < -0.3 is 5.73 Å². The van der Waals surface area contributed by atoms with Crippen LogP contribution in [0.2, 0.25) is 0 Å². The summed E-state index contributed by atoms with van der Waals surface area (Å²) < 4.78 is 1.10. The molecule has 2 N–H and O–H groups in total. The third-order valence-corrected chi connectivity index (χ3v) is 4.58. The summed E-state index contributed by atoms with van der Waals surface area (Å²) in [4.78, 5) is 2.44. The summed E-state index contributed by atoms with van der Waals surface area (Å²) in [6.07, 6.45) is 1.02. The van der Waals surface area contributed by atoms with Gasteiger partial charge >= 0.3 is 0 Å². The van der Waals surface area contributed by atoms with Gasteiger partial charge in [0.1, 0.15) is 0 Å². The molecule has 0 saturated carbocycles. The maximum atomic E-state index is 6.62. The fourth-order valence-corrected chi connectivity index (χ4v) is 3.17. The van der Waals surface area contributed by atoms with E-state index >= 15 is 0 Å². The van der Waals surface area contributed by atoms with Gasteiger partial charge in [0.15, 0.2) is 0 Å². The van der Waals surface area contributed by atoms with Crippen molar-refractivity contribution in [3.05, 3.63) is 70.2 Å². The zero-order chi connectivity index (χ0) is 14.0. The van der Waals surface area contributed by atoms with E-state index < -0.39 is 0 Å². The largest absolute Gasteiger partial charge is 0.320 e. The van der Waals surface area contributed by atoms with Gasteiger partial charge in [0, 0.05) is 24.1 Å². The monoisotopic (exact) mass is 330 g/mol. The number of likely N-dealkylation sites (tertiary alicyclic amines) is 1. The second kappa shape index (κ2) is 5.68. The van der Waals surface area contributed by atoms with Gasteiger partial charge in [-0.1, -0.05) is 58.4 Å². The Morgan fingerprint density at radius 1 is 1.05 bits per heavy atom. The van der Waals surface area contributed by atoms with Crippen molar-refractivity contribution >= 4 is 15.9 Å². The molecule has 0 spiro atoms. The molecule has 2 aromatic rings. The van der Waals surface area contributed by atoms with Gasteiger partial charge in [-0.2, -0.15) is 0 Å². The molecule has 2 nitrogen and oxygen atoms in total. The molecular weight excluding hydrogens is 312 g/mol. The smallest absolute Gasteiger partial charge is 0.0550 e. The molecule has 0 bridgehead atoms. The molecule has 1 heterocycles. The van der Waals surface area contributed by atoms with Gasteiger partial charge in [-0.05, 0) is 29.7 Å². The summed E-state index contributed by atoms with van der Waals surface area (Å²) in [6.45, 7) is 2.96. The molecule has 1 unspecified atom stereocenters. The highest BCUT2D eigenvalue weighted by Crippen LogP contribution is 2.31. The Bertz CT molecular complexity index is 567. The molecule has 2 aromatic carbocycles. The lowest BCUT2D eigenvalue weighted by molar-refractivity contribution is 0.305. The van der Waals surface area contributed by atoms with E-state index in [4.69, 9.17) is 5.73 Å². The van der Waals surface area contributed by atoms with Crippen LogP contribution in [-0.2, 0) is 12.1 Å². The highest BCUT2D eigenvalue weighted by atomic mass is 79.9. The third-order valence-electron chi connectivity index (χ3n) is 4.05. The van der Waals surface area contributed by atoms with Crippen LogP contribution in [0.25, 0.3) is 0 Å². The zero-order valence-electron chi connectivity index (χ0n) is 11.4. The number of rotatable bonds is 3. The number of hydrogen-bond acceptors (Lipinski definition) is 2. The molecule has 3 heteroatoms. The zero-order valence-corrected chi connectivity index (χ0v) is 13.0. The lowest BCUT2D eigenvalue weighted by Gasteiger charge is -2.25. The van der Waals surface area contributed by atoms with Gasteiger partial charge in [0.05, 0.1) is 5.54 Å². The summed E-state index contributed by atoms with van der Waals surface area (Å²) in [5.74, 6) is 0. The summed E-state index contributed by atoms with van der Waals surface area (Å²) in [6, 6.07) is 19.0. The van der Waals surface area contributed by atoms with Crippen LogP contribution in [0.15, 0.2) is 59.1 Å². The minimum atomic E-state index is -0.213. The highest BCUT2D eigenvalue weighted by molar-refractivity contribution is 9.10. The van der Waals surface area contributed by atoms with E-state index in [9.17, 15) is 0 Å². The van der Waals surface area contributed by atoms with E-state index in [1.807, 2.05) is 0 Å². The highest BCUT2D eigenvalue weighted by Gasteiger charge is 2.35. The fourth-order valence-electron chi connectivity index (χ4n) is 2.91. The van der Waals surface area contributed by atoms with Crippen LogP contribution < -0.4 is 5.73 Å². The third kappa shape index (κ3) is 2.95. The van der Waals surface area contributed by atoms with Crippen LogP contribution in [0.1, 0.15) is 17.5 Å². The standard InChI is InChI=1S/C17H19BrN2/c18-16-8-6-15(7-9-16)17(19)10-11-20(13-17)12-14-4-2-1-3-5-14/h1-9H,10-13,19H2. The van der Waals surface area contributed by atoms with Gasteiger partial charge in [0.2, 0.25) is 0 Å². The Hall–Kier alpha value is -1.16. The first-order valence-corrected chi connectivity index (χ1v) is 7.76. The molecule has 0 aromatic heterocycles. The number of nitrogens with two attached hydrogens (primary N) is 1. The Labute approximate surface area is 128 Å². The molecular formula is C17H19BrN2. The molecule has 1 saturated heterocycles. The topological polar surface area (TPSA) is 29.3 Å². The van der Waals surface area contributed by atoms with Crippen molar-refractivity contribution in [1.82, 2.24) is 4.90 Å². The first-order chi connectivity index (χ1) is 9.66. The van der Waals surface area contributed by atoms with E-state index in [-0.39, 0.29) is 5.54 Å². The first-order valence-electron chi connectivity index (χ1n) is 6.97. The minimum Gasteiger partial charge on any atom is -0.320 e. The van der Waals surface area contributed by atoms with Crippen LogP contribution in [0, 0.1) is 0 Å². The van der Waals surface area contributed by atoms with Crippen molar-refractivity contribution in [1.29, 1.82) is 0 Å². The minimum absolute atomic E-state index is 0.213. The van der Waals surface area contributed by atoms with Crippen LogP contribution in [0.4, 0.5) is 0 Å². The van der Waals surface area contributed by atoms with Crippen LogP contribution in [-0.4, -0.2) is 18.0 Å². The summed E-state index contributed by atoms with van der Waals surface area (Å²) in [7, 11) is 0. The second-order valence-corrected chi connectivity index (χ2v) is 6.52. The molecule has 1 fully saturated rings. The quantitative estimate of drug-likeness (QED) is 0.933.